The van der Waals surface area contributed by atoms with Crippen molar-refractivity contribution in [1.82, 2.24) is 0 Å². The van der Waals surface area contributed by atoms with Gasteiger partial charge in [0, 0.05) is 0 Å². The van der Waals surface area contributed by atoms with Crippen LogP contribution in [-0.2, 0) is 9.31 Å². The van der Waals surface area contributed by atoms with Crippen molar-refractivity contribution in [3.8, 4) is 0 Å². The highest BCUT2D eigenvalue weighted by molar-refractivity contribution is 6.51. The summed E-state index contributed by atoms with van der Waals surface area (Å²) in [6.45, 7) is 12.9. The smallest absolute Gasteiger partial charge is 0.402 e. The molecule has 4 fully saturated rings. The van der Waals surface area contributed by atoms with Crippen LogP contribution in [-0.4, -0.2) is 18.8 Å². The van der Waals surface area contributed by atoms with E-state index in [9.17, 15) is 0 Å². The molecule has 3 saturated carbocycles. The Balaban J connectivity index is 1.79. The number of allylic oxidation sites excluding steroid dienone is 2. The topological polar surface area (TPSA) is 18.5 Å². The van der Waals surface area contributed by atoms with Crippen LogP contribution in [0.5, 0.6) is 0 Å². The molecule has 0 spiro atoms. The van der Waals surface area contributed by atoms with E-state index >= 15 is 0 Å². The fraction of sp³-hybridized carbons (Fsp3) is 0.733. The Morgan fingerprint density at radius 1 is 1.33 bits per heavy atom. The molecule has 2 unspecified atom stereocenters. The predicted octanol–water partition coefficient (Wildman–Crippen LogP) is 3.39. The number of hydrogen-bond donors (Lipinski definition) is 0. The molecule has 0 N–H and O–H groups in total. The minimum absolute atomic E-state index is 0.0949. The zero-order chi connectivity index (χ0) is 13.1. The molecule has 4 aliphatic rings. The van der Waals surface area contributed by atoms with Gasteiger partial charge < -0.3 is 9.31 Å². The second-order valence-corrected chi connectivity index (χ2v) is 7.04. The van der Waals surface area contributed by atoms with Crippen LogP contribution in [0.15, 0.2) is 24.2 Å². The fourth-order valence-corrected chi connectivity index (χ4v) is 4.22. The molecular formula is C15H23BO2. The van der Waals surface area contributed by atoms with Crippen LogP contribution >= 0.6 is 0 Å². The molecule has 1 aliphatic heterocycles. The normalized spacial score (nSPS) is 44.9. The highest BCUT2D eigenvalue weighted by atomic mass is 16.7. The second kappa shape index (κ2) is 3.74. The first kappa shape index (κ1) is 12.5. The maximum atomic E-state index is 6.24. The average Bonchev–Trinajstić information content (AvgIpc) is 2.61. The molecule has 4 rings (SSSR count). The van der Waals surface area contributed by atoms with E-state index in [2.05, 4.69) is 27.4 Å². The zero-order valence-electron chi connectivity index (χ0n) is 11.9. The Labute approximate surface area is 111 Å². The first-order valence-corrected chi connectivity index (χ1v) is 7.01. The monoisotopic (exact) mass is 246 g/mol. The first-order valence-electron chi connectivity index (χ1n) is 7.01. The van der Waals surface area contributed by atoms with E-state index < -0.39 is 0 Å². The van der Waals surface area contributed by atoms with Crippen molar-refractivity contribution < 1.29 is 9.31 Å². The summed E-state index contributed by atoms with van der Waals surface area (Å²) in [4.78, 5) is 0. The van der Waals surface area contributed by atoms with Crippen molar-refractivity contribution in [2.24, 2.45) is 17.3 Å². The van der Waals surface area contributed by atoms with E-state index in [-0.39, 0.29) is 18.8 Å². The molecule has 1 heterocycles. The Morgan fingerprint density at radius 3 is 2.67 bits per heavy atom. The summed E-state index contributed by atoms with van der Waals surface area (Å²) < 4.78 is 12.3. The van der Waals surface area contributed by atoms with Crippen molar-refractivity contribution in [2.45, 2.75) is 52.2 Å². The van der Waals surface area contributed by atoms with E-state index in [4.69, 9.17) is 9.31 Å². The van der Waals surface area contributed by atoms with Gasteiger partial charge in [0.1, 0.15) is 0 Å². The minimum atomic E-state index is -0.188. The van der Waals surface area contributed by atoms with Gasteiger partial charge in [0.15, 0.2) is 0 Å². The summed E-state index contributed by atoms with van der Waals surface area (Å²) in [6.07, 6.45) is 4.72. The third kappa shape index (κ3) is 1.57. The van der Waals surface area contributed by atoms with Gasteiger partial charge in [0.05, 0.1) is 11.7 Å². The van der Waals surface area contributed by atoms with E-state index in [1.165, 1.54) is 6.42 Å². The van der Waals surface area contributed by atoms with Crippen LogP contribution in [0.2, 0.25) is 0 Å². The van der Waals surface area contributed by atoms with Gasteiger partial charge in [-0.2, -0.15) is 0 Å². The Kier molecular flexibility index (Phi) is 2.59. The van der Waals surface area contributed by atoms with Crippen LogP contribution in [0, 0.1) is 17.3 Å². The summed E-state index contributed by atoms with van der Waals surface area (Å²) in [6, 6.07) is 0. The molecule has 98 valence electrons. The molecule has 0 radical (unpaired) electrons. The third-order valence-corrected chi connectivity index (χ3v) is 5.51. The van der Waals surface area contributed by atoms with Crippen LogP contribution in [0.1, 0.15) is 40.5 Å². The Bertz CT molecular complexity index is 415. The van der Waals surface area contributed by atoms with Crippen molar-refractivity contribution in [1.29, 1.82) is 0 Å². The zero-order valence-corrected chi connectivity index (χ0v) is 11.9. The SMILES string of the molecule is C=C(C)/C=C/B1O[C@@H]2CC3CC(C3(C)C)[C@]2(C)O1. The van der Waals surface area contributed by atoms with Crippen molar-refractivity contribution in [3.05, 3.63) is 24.2 Å². The molecule has 0 aromatic carbocycles. The Hall–Kier alpha value is -0.535. The van der Waals surface area contributed by atoms with Gasteiger partial charge in [0.25, 0.3) is 0 Å². The molecule has 2 bridgehead atoms. The Morgan fingerprint density at radius 2 is 2.06 bits per heavy atom. The summed E-state index contributed by atoms with van der Waals surface area (Å²) in [5.74, 6) is 3.45. The van der Waals surface area contributed by atoms with Crippen molar-refractivity contribution in [2.75, 3.05) is 0 Å². The molecule has 0 amide bonds. The largest absolute Gasteiger partial charge is 0.486 e. The van der Waals surface area contributed by atoms with Gasteiger partial charge in [-0.1, -0.05) is 38.1 Å². The maximum Gasteiger partial charge on any atom is 0.486 e. The van der Waals surface area contributed by atoms with E-state index in [1.54, 1.807) is 0 Å². The van der Waals surface area contributed by atoms with Gasteiger partial charge in [-0.05, 0) is 43.9 Å². The molecule has 2 nitrogen and oxygen atoms in total. The molecule has 18 heavy (non-hydrogen) atoms. The lowest BCUT2D eigenvalue weighted by molar-refractivity contribution is -0.199. The van der Waals surface area contributed by atoms with Crippen LogP contribution in [0.25, 0.3) is 0 Å². The van der Waals surface area contributed by atoms with Gasteiger partial charge in [-0.15, -0.1) is 0 Å². The summed E-state index contributed by atoms with van der Waals surface area (Å²) in [5, 5.41) is 0. The molecule has 0 aromatic rings. The average molecular weight is 246 g/mol. The summed E-state index contributed by atoms with van der Waals surface area (Å²) >= 11 is 0. The van der Waals surface area contributed by atoms with Gasteiger partial charge in [-0.3, -0.25) is 0 Å². The number of rotatable bonds is 2. The van der Waals surface area contributed by atoms with Gasteiger partial charge in [0.2, 0.25) is 0 Å². The van der Waals surface area contributed by atoms with Crippen LogP contribution < -0.4 is 0 Å². The van der Waals surface area contributed by atoms with Gasteiger partial charge >= 0.3 is 7.12 Å². The van der Waals surface area contributed by atoms with E-state index in [0.717, 1.165) is 17.9 Å². The van der Waals surface area contributed by atoms with Gasteiger partial charge in [-0.25, -0.2) is 0 Å². The molecule has 4 atom stereocenters. The quantitative estimate of drug-likeness (QED) is 0.549. The fourth-order valence-electron chi connectivity index (χ4n) is 4.22. The van der Waals surface area contributed by atoms with E-state index in [0.29, 0.717) is 11.3 Å². The maximum absolute atomic E-state index is 6.24. The lowest BCUT2D eigenvalue weighted by Crippen LogP contribution is -2.65. The molecule has 3 heteroatoms. The molecule has 3 aliphatic carbocycles. The first-order chi connectivity index (χ1) is 8.34. The lowest BCUT2D eigenvalue weighted by Gasteiger charge is -2.64. The second-order valence-electron chi connectivity index (χ2n) is 7.04. The summed E-state index contributed by atoms with van der Waals surface area (Å²) in [7, 11) is -0.188. The third-order valence-electron chi connectivity index (χ3n) is 5.51. The van der Waals surface area contributed by atoms with Crippen LogP contribution in [0.4, 0.5) is 0 Å². The highest BCUT2D eigenvalue weighted by Gasteiger charge is 2.67. The molecule has 1 saturated heterocycles. The summed E-state index contributed by atoms with van der Waals surface area (Å²) in [5.41, 5.74) is 1.36. The standard InChI is InChI=1S/C15H23BO2/c1-10(2)6-7-16-17-13-9-11-8-12(14(11,3)4)15(13,5)18-16/h6-7,11-13H,1,8-9H2,2-5H3/b7-6+/t11?,12?,13-,15+/m1/s1. The van der Waals surface area contributed by atoms with E-state index in [1.807, 2.05) is 19.0 Å². The molecule has 0 aromatic heterocycles. The number of hydrogen-bond acceptors (Lipinski definition) is 2. The molecular weight excluding hydrogens is 223 g/mol. The minimum Gasteiger partial charge on any atom is -0.402 e. The highest BCUT2D eigenvalue weighted by Crippen LogP contribution is 2.65. The van der Waals surface area contributed by atoms with Crippen LogP contribution in [0.3, 0.4) is 0 Å². The van der Waals surface area contributed by atoms with Crippen molar-refractivity contribution >= 4 is 7.12 Å². The van der Waals surface area contributed by atoms with Crippen molar-refractivity contribution in [3.63, 3.8) is 0 Å². The lowest BCUT2D eigenvalue weighted by atomic mass is 9.43. The predicted molar refractivity (Wildman–Crippen MR) is 74.1 cm³/mol.